The predicted octanol–water partition coefficient (Wildman–Crippen LogP) is 2.97. The van der Waals surface area contributed by atoms with Gasteiger partial charge in [0.25, 0.3) is 0 Å². The van der Waals surface area contributed by atoms with Crippen LogP contribution in [-0.4, -0.2) is 20.3 Å². The molecule has 1 N–H and O–H groups in total. The van der Waals surface area contributed by atoms with Crippen molar-refractivity contribution in [1.29, 1.82) is 0 Å². The fourth-order valence-corrected chi connectivity index (χ4v) is 2.99. The second-order valence-corrected chi connectivity index (χ2v) is 6.66. The average molecular weight is 378 g/mol. The lowest BCUT2D eigenvalue weighted by atomic mass is 10.2. The predicted molar refractivity (Wildman–Crippen MR) is 104 cm³/mol. The summed E-state index contributed by atoms with van der Waals surface area (Å²) < 4.78 is 16.8. The van der Waals surface area contributed by atoms with Gasteiger partial charge in [-0.3, -0.25) is 9.36 Å². The number of benzene rings is 2. The molecule has 6 nitrogen and oxygen atoms in total. The molecule has 1 amide bonds. The van der Waals surface area contributed by atoms with Gasteiger partial charge in [-0.25, -0.2) is 13.9 Å². The van der Waals surface area contributed by atoms with E-state index >= 15 is 0 Å². The summed E-state index contributed by atoms with van der Waals surface area (Å²) in [5, 5.41) is 6.88. The first-order chi connectivity index (χ1) is 13.6. The van der Waals surface area contributed by atoms with Gasteiger partial charge in [-0.2, -0.15) is 0 Å². The van der Waals surface area contributed by atoms with Gasteiger partial charge in [0.15, 0.2) is 5.82 Å². The van der Waals surface area contributed by atoms with Gasteiger partial charge in [-0.15, -0.1) is 5.10 Å². The molecule has 1 heterocycles. The molecule has 0 spiro atoms. The standard InChI is InChI=1S/C21H19FN4O2/c22-18-9-5-4-8-17(18)20-24-25(21(28)26(20)16-10-11-16)14-19(27)23-13-12-15-6-2-1-3-7-15/h1-9,12-13,16H,10-11,14H2,(H,23,27). The SMILES string of the molecule is O=C(Cn1nc(-c2ccccc2F)n(C2CC2)c1=O)NC=Cc1ccccc1. The van der Waals surface area contributed by atoms with Crippen molar-refractivity contribution in [2.45, 2.75) is 25.4 Å². The van der Waals surface area contributed by atoms with Crippen molar-refractivity contribution >= 4 is 12.0 Å². The fraction of sp³-hybridized carbons (Fsp3) is 0.190. The summed E-state index contributed by atoms with van der Waals surface area (Å²) in [5.41, 5.74) is 0.803. The molecule has 0 radical (unpaired) electrons. The van der Waals surface area contributed by atoms with E-state index < -0.39 is 11.5 Å². The summed E-state index contributed by atoms with van der Waals surface area (Å²) in [4.78, 5) is 24.9. The quantitative estimate of drug-likeness (QED) is 0.717. The highest BCUT2D eigenvalue weighted by Crippen LogP contribution is 2.36. The Morgan fingerprint density at radius 2 is 1.86 bits per heavy atom. The molecule has 0 bridgehead atoms. The summed E-state index contributed by atoms with van der Waals surface area (Å²) in [6.07, 6.45) is 4.98. The maximum Gasteiger partial charge on any atom is 0.346 e. The number of carbonyl (C=O) groups excluding carboxylic acids is 1. The molecule has 142 valence electrons. The molecule has 1 fully saturated rings. The molecular weight excluding hydrogens is 359 g/mol. The summed E-state index contributed by atoms with van der Waals surface area (Å²) in [6, 6.07) is 15.7. The van der Waals surface area contributed by atoms with Crippen LogP contribution in [0, 0.1) is 5.82 Å². The minimum Gasteiger partial charge on any atom is -0.331 e. The number of hydrogen-bond acceptors (Lipinski definition) is 3. The molecule has 2 aromatic carbocycles. The number of nitrogens with one attached hydrogen (secondary N) is 1. The molecule has 1 saturated carbocycles. The molecule has 4 rings (SSSR count). The van der Waals surface area contributed by atoms with Gasteiger partial charge in [0.1, 0.15) is 12.4 Å². The Labute approximate surface area is 160 Å². The van der Waals surface area contributed by atoms with Crippen molar-refractivity contribution in [3.8, 4) is 11.4 Å². The molecule has 7 heteroatoms. The molecule has 0 aliphatic heterocycles. The number of hydrogen-bond donors (Lipinski definition) is 1. The molecule has 1 aliphatic carbocycles. The van der Waals surface area contributed by atoms with Crippen LogP contribution in [0.4, 0.5) is 4.39 Å². The van der Waals surface area contributed by atoms with E-state index in [4.69, 9.17) is 0 Å². The lowest BCUT2D eigenvalue weighted by molar-refractivity contribution is -0.120. The molecule has 28 heavy (non-hydrogen) atoms. The second-order valence-electron chi connectivity index (χ2n) is 6.66. The van der Waals surface area contributed by atoms with E-state index in [0.29, 0.717) is 0 Å². The smallest absolute Gasteiger partial charge is 0.331 e. The highest BCUT2D eigenvalue weighted by molar-refractivity contribution is 5.77. The van der Waals surface area contributed by atoms with Gasteiger partial charge in [0, 0.05) is 12.2 Å². The molecule has 1 aliphatic rings. The Morgan fingerprint density at radius 3 is 2.57 bits per heavy atom. The van der Waals surface area contributed by atoms with E-state index in [1.165, 1.54) is 16.8 Å². The zero-order valence-electron chi connectivity index (χ0n) is 15.1. The zero-order valence-corrected chi connectivity index (χ0v) is 15.1. The summed E-state index contributed by atoms with van der Waals surface area (Å²) in [5.74, 6) is -0.565. The monoisotopic (exact) mass is 378 g/mol. The first-order valence-corrected chi connectivity index (χ1v) is 9.08. The maximum absolute atomic E-state index is 14.2. The van der Waals surface area contributed by atoms with Crippen molar-refractivity contribution in [3.05, 3.63) is 82.7 Å². The summed E-state index contributed by atoms with van der Waals surface area (Å²) >= 11 is 0. The third-order valence-corrected chi connectivity index (χ3v) is 4.51. The Bertz CT molecular complexity index is 1080. The van der Waals surface area contributed by atoms with Crippen LogP contribution in [0.5, 0.6) is 0 Å². The van der Waals surface area contributed by atoms with E-state index in [1.807, 2.05) is 30.3 Å². The van der Waals surface area contributed by atoms with Crippen LogP contribution in [0.2, 0.25) is 0 Å². The molecule has 0 unspecified atom stereocenters. The highest BCUT2D eigenvalue weighted by atomic mass is 19.1. The number of amides is 1. The van der Waals surface area contributed by atoms with E-state index in [-0.39, 0.29) is 29.9 Å². The molecule has 3 aromatic rings. The lowest BCUT2D eigenvalue weighted by Gasteiger charge is -2.04. The maximum atomic E-state index is 14.2. The number of rotatable bonds is 6. The lowest BCUT2D eigenvalue weighted by Crippen LogP contribution is -2.31. The van der Waals surface area contributed by atoms with Gasteiger partial charge < -0.3 is 5.32 Å². The Balaban J connectivity index is 1.54. The van der Waals surface area contributed by atoms with Gasteiger partial charge in [-0.1, -0.05) is 42.5 Å². The normalized spacial score (nSPS) is 13.8. The minimum atomic E-state index is -0.447. The van der Waals surface area contributed by atoms with Crippen LogP contribution in [0.3, 0.4) is 0 Å². The number of halogens is 1. The number of carbonyl (C=O) groups is 1. The van der Waals surface area contributed by atoms with Crippen molar-refractivity contribution in [2.24, 2.45) is 0 Å². The Morgan fingerprint density at radius 1 is 1.14 bits per heavy atom. The van der Waals surface area contributed by atoms with E-state index in [9.17, 15) is 14.0 Å². The molecule has 0 atom stereocenters. The van der Waals surface area contributed by atoms with Gasteiger partial charge in [0.05, 0.1) is 5.56 Å². The van der Waals surface area contributed by atoms with E-state index in [0.717, 1.165) is 23.1 Å². The van der Waals surface area contributed by atoms with Crippen LogP contribution in [0.25, 0.3) is 17.5 Å². The molecular formula is C21H19FN4O2. The summed E-state index contributed by atoms with van der Waals surface area (Å²) in [7, 11) is 0. The highest BCUT2D eigenvalue weighted by Gasteiger charge is 2.31. The minimum absolute atomic E-state index is 0.0110. The zero-order chi connectivity index (χ0) is 19.5. The molecule has 0 saturated heterocycles. The van der Waals surface area contributed by atoms with Gasteiger partial charge in [0.2, 0.25) is 5.91 Å². The van der Waals surface area contributed by atoms with E-state index in [1.54, 1.807) is 24.3 Å². The first kappa shape index (κ1) is 17.9. The number of nitrogens with zero attached hydrogens (tertiary/aromatic N) is 3. The van der Waals surface area contributed by atoms with Crippen LogP contribution < -0.4 is 11.0 Å². The third kappa shape index (κ3) is 3.78. The van der Waals surface area contributed by atoms with Crippen molar-refractivity contribution in [2.75, 3.05) is 0 Å². The molecule has 1 aromatic heterocycles. The Hall–Kier alpha value is -3.48. The van der Waals surface area contributed by atoms with Crippen molar-refractivity contribution in [1.82, 2.24) is 19.7 Å². The van der Waals surface area contributed by atoms with Crippen molar-refractivity contribution in [3.63, 3.8) is 0 Å². The Kier molecular flexibility index (Phi) is 4.89. The fourth-order valence-electron chi connectivity index (χ4n) is 2.99. The number of aromatic nitrogens is 3. The largest absolute Gasteiger partial charge is 0.346 e. The van der Waals surface area contributed by atoms with Crippen LogP contribution in [0.15, 0.2) is 65.6 Å². The van der Waals surface area contributed by atoms with Crippen molar-refractivity contribution < 1.29 is 9.18 Å². The van der Waals surface area contributed by atoms with Gasteiger partial charge in [-0.05, 0) is 36.6 Å². The second kappa shape index (κ2) is 7.64. The van der Waals surface area contributed by atoms with Crippen LogP contribution in [0.1, 0.15) is 24.4 Å². The van der Waals surface area contributed by atoms with Crippen LogP contribution in [-0.2, 0) is 11.3 Å². The third-order valence-electron chi connectivity index (χ3n) is 4.51. The average Bonchev–Trinajstić information content (AvgIpc) is 3.48. The topological polar surface area (TPSA) is 68.9 Å². The van der Waals surface area contributed by atoms with Gasteiger partial charge >= 0.3 is 5.69 Å². The summed E-state index contributed by atoms with van der Waals surface area (Å²) in [6.45, 7) is -0.237. The van der Waals surface area contributed by atoms with Crippen LogP contribution >= 0.6 is 0 Å². The van der Waals surface area contributed by atoms with E-state index in [2.05, 4.69) is 10.4 Å². The first-order valence-electron chi connectivity index (χ1n) is 9.08.